The minimum atomic E-state index is -0.421. The van der Waals surface area contributed by atoms with E-state index in [0.29, 0.717) is 35.9 Å². The van der Waals surface area contributed by atoms with Crippen molar-refractivity contribution in [1.29, 1.82) is 0 Å². The molecule has 1 amide bonds. The van der Waals surface area contributed by atoms with Gasteiger partial charge in [-0.25, -0.2) is 0 Å². The average Bonchev–Trinajstić information content (AvgIpc) is 3.33. The number of hydrogen-bond donors (Lipinski definition) is 1. The molecule has 0 atom stereocenters. The van der Waals surface area contributed by atoms with Crippen LogP contribution < -0.4 is 5.32 Å². The molecule has 4 aromatic rings. The highest BCUT2D eigenvalue weighted by atomic mass is 16.6. The van der Waals surface area contributed by atoms with Gasteiger partial charge in [-0.15, -0.1) is 0 Å². The SMILES string of the molecule is Cc1ccc(Cn2ccc(NC(=O)c3cccc(Cn4nc(C)c([N+](=O)[O-])c4C)c3)n2)cc1. The van der Waals surface area contributed by atoms with Crippen molar-refractivity contribution < 1.29 is 9.72 Å². The molecule has 0 saturated heterocycles. The summed E-state index contributed by atoms with van der Waals surface area (Å²) in [7, 11) is 0. The van der Waals surface area contributed by atoms with Crippen LogP contribution in [0.15, 0.2) is 60.8 Å². The van der Waals surface area contributed by atoms with Crippen LogP contribution in [0.5, 0.6) is 0 Å². The number of benzene rings is 2. The molecular weight excluding hydrogens is 420 g/mol. The Kier molecular flexibility index (Phi) is 6.03. The predicted molar refractivity (Wildman–Crippen MR) is 124 cm³/mol. The molecule has 2 heterocycles. The van der Waals surface area contributed by atoms with Gasteiger partial charge in [0.1, 0.15) is 11.4 Å². The van der Waals surface area contributed by atoms with Gasteiger partial charge in [0.2, 0.25) is 0 Å². The van der Waals surface area contributed by atoms with Gasteiger partial charge in [-0.2, -0.15) is 10.2 Å². The summed E-state index contributed by atoms with van der Waals surface area (Å²) in [6, 6.07) is 17.1. The summed E-state index contributed by atoms with van der Waals surface area (Å²) in [5.74, 6) is 0.184. The van der Waals surface area contributed by atoms with E-state index in [2.05, 4.69) is 39.8 Å². The largest absolute Gasteiger partial charge is 0.312 e. The maximum atomic E-state index is 12.8. The van der Waals surface area contributed by atoms with Crippen molar-refractivity contribution in [3.05, 3.63) is 105 Å². The molecule has 0 aliphatic carbocycles. The van der Waals surface area contributed by atoms with Gasteiger partial charge in [0.25, 0.3) is 5.91 Å². The van der Waals surface area contributed by atoms with Crippen LogP contribution in [0.25, 0.3) is 0 Å². The Bertz CT molecular complexity index is 1320. The third kappa shape index (κ3) is 4.98. The highest BCUT2D eigenvalue weighted by Gasteiger charge is 2.21. The first kappa shape index (κ1) is 21.9. The van der Waals surface area contributed by atoms with Crippen molar-refractivity contribution in [3.8, 4) is 0 Å². The van der Waals surface area contributed by atoms with Crippen molar-refractivity contribution in [2.24, 2.45) is 0 Å². The topological polar surface area (TPSA) is 108 Å². The normalized spacial score (nSPS) is 10.9. The molecule has 0 aliphatic heterocycles. The summed E-state index contributed by atoms with van der Waals surface area (Å²) < 4.78 is 3.35. The summed E-state index contributed by atoms with van der Waals surface area (Å²) in [6.07, 6.45) is 1.82. The molecule has 9 nitrogen and oxygen atoms in total. The quantitative estimate of drug-likeness (QED) is 0.338. The maximum Gasteiger partial charge on any atom is 0.312 e. The average molecular weight is 444 g/mol. The van der Waals surface area contributed by atoms with Gasteiger partial charge in [-0.3, -0.25) is 24.3 Å². The van der Waals surface area contributed by atoms with Crippen molar-refractivity contribution in [3.63, 3.8) is 0 Å². The van der Waals surface area contributed by atoms with Gasteiger partial charge in [0, 0.05) is 17.8 Å². The lowest BCUT2D eigenvalue weighted by atomic mass is 10.1. The standard InChI is InChI=1S/C24H24N6O3/c1-16-7-9-19(10-8-16)14-28-12-11-22(27-28)25-24(31)21-6-4-5-20(13-21)15-29-18(3)23(30(32)33)17(2)26-29/h4-13H,14-15H2,1-3H3,(H,25,27,31). The maximum absolute atomic E-state index is 12.8. The number of aromatic nitrogens is 4. The summed E-state index contributed by atoms with van der Waals surface area (Å²) in [4.78, 5) is 23.6. The molecule has 4 rings (SSSR count). The van der Waals surface area contributed by atoms with E-state index in [-0.39, 0.29) is 11.6 Å². The van der Waals surface area contributed by atoms with E-state index < -0.39 is 4.92 Å². The molecule has 0 spiro atoms. The first-order valence-corrected chi connectivity index (χ1v) is 10.5. The summed E-state index contributed by atoms with van der Waals surface area (Å²) >= 11 is 0. The molecule has 33 heavy (non-hydrogen) atoms. The van der Waals surface area contributed by atoms with E-state index in [1.54, 1.807) is 47.5 Å². The minimum absolute atomic E-state index is 0.0186. The van der Waals surface area contributed by atoms with E-state index in [4.69, 9.17) is 0 Å². The lowest BCUT2D eigenvalue weighted by Gasteiger charge is -2.07. The lowest BCUT2D eigenvalue weighted by molar-refractivity contribution is -0.386. The van der Waals surface area contributed by atoms with Crippen molar-refractivity contribution >= 4 is 17.4 Å². The van der Waals surface area contributed by atoms with Crippen molar-refractivity contribution in [2.45, 2.75) is 33.9 Å². The third-order valence-electron chi connectivity index (χ3n) is 5.39. The van der Waals surface area contributed by atoms with E-state index in [9.17, 15) is 14.9 Å². The van der Waals surface area contributed by atoms with Crippen LogP contribution in [-0.2, 0) is 13.1 Å². The zero-order valence-corrected chi connectivity index (χ0v) is 18.6. The molecule has 9 heteroatoms. The Labute approximate surface area is 190 Å². The number of nitro groups is 1. The number of hydrogen-bond acceptors (Lipinski definition) is 5. The summed E-state index contributed by atoms with van der Waals surface area (Å²) in [5, 5.41) is 22.8. The highest BCUT2D eigenvalue weighted by molar-refractivity contribution is 6.03. The van der Waals surface area contributed by atoms with Crippen LogP contribution in [-0.4, -0.2) is 30.4 Å². The van der Waals surface area contributed by atoms with Gasteiger partial charge in [-0.1, -0.05) is 42.0 Å². The highest BCUT2D eigenvalue weighted by Crippen LogP contribution is 2.22. The summed E-state index contributed by atoms with van der Waals surface area (Å²) in [5.41, 5.74) is 4.47. The number of anilines is 1. The van der Waals surface area contributed by atoms with Gasteiger partial charge < -0.3 is 5.32 Å². The van der Waals surface area contributed by atoms with Crippen LogP contribution >= 0.6 is 0 Å². The molecule has 0 saturated carbocycles. The second-order valence-corrected chi connectivity index (χ2v) is 7.97. The fraction of sp³-hybridized carbons (Fsp3) is 0.208. The molecule has 1 N–H and O–H groups in total. The van der Waals surface area contributed by atoms with Crippen LogP contribution in [0.1, 0.15) is 38.4 Å². The predicted octanol–water partition coefficient (Wildman–Crippen LogP) is 4.26. The van der Waals surface area contributed by atoms with Crippen molar-refractivity contribution in [2.75, 3.05) is 5.32 Å². The number of rotatable bonds is 7. The molecule has 0 fully saturated rings. The number of amides is 1. The monoisotopic (exact) mass is 444 g/mol. The van der Waals surface area contributed by atoms with Crippen LogP contribution in [0.4, 0.5) is 11.5 Å². The number of nitrogens with zero attached hydrogens (tertiary/aromatic N) is 5. The molecular formula is C24H24N6O3. The first-order valence-electron chi connectivity index (χ1n) is 10.5. The van der Waals surface area contributed by atoms with Gasteiger partial charge >= 0.3 is 5.69 Å². The Morgan fingerprint density at radius 1 is 1.00 bits per heavy atom. The molecule has 0 unspecified atom stereocenters. The Morgan fingerprint density at radius 2 is 1.76 bits per heavy atom. The lowest BCUT2D eigenvalue weighted by Crippen LogP contribution is -2.14. The number of carbonyl (C=O) groups is 1. The van der Waals surface area contributed by atoms with Gasteiger partial charge in [0.15, 0.2) is 5.82 Å². The van der Waals surface area contributed by atoms with Gasteiger partial charge in [-0.05, 0) is 44.0 Å². The first-order chi connectivity index (χ1) is 15.8. The molecule has 168 valence electrons. The Hall–Kier alpha value is -4.27. The number of carbonyl (C=O) groups excluding carboxylic acids is 1. The van der Waals surface area contributed by atoms with E-state index >= 15 is 0 Å². The zero-order chi connectivity index (χ0) is 23.5. The van der Waals surface area contributed by atoms with Crippen molar-refractivity contribution in [1.82, 2.24) is 19.6 Å². The summed E-state index contributed by atoms with van der Waals surface area (Å²) in [6.45, 7) is 6.26. The van der Waals surface area contributed by atoms with E-state index in [1.807, 2.05) is 19.2 Å². The van der Waals surface area contributed by atoms with Crippen LogP contribution in [0.3, 0.4) is 0 Å². The Morgan fingerprint density at radius 3 is 2.45 bits per heavy atom. The third-order valence-corrected chi connectivity index (χ3v) is 5.39. The molecule has 0 radical (unpaired) electrons. The molecule has 0 bridgehead atoms. The Balaban J connectivity index is 1.44. The fourth-order valence-corrected chi connectivity index (χ4v) is 3.67. The molecule has 0 aliphatic rings. The van der Waals surface area contributed by atoms with Gasteiger partial charge in [0.05, 0.1) is 18.0 Å². The number of nitrogens with one attached hydrogen (secondary N) is 1. The second kappa shape index (κ2) is 9.07. The van der Waals surface area contributed by atoms with Crippen LogP contribution in [0, 0.1) is 30.9 Å². The van der Waals surface area contributed by atoms with E-state index in [1.165, 1.54) is 5.56 Å². The smallest absolute Gasteiger partial charge is 0.305 e. The minimum Gasteiger partial charge on any atom is -0.305 e. The zero-order valence-electron chi connectivity index (χ0n) is 18.6. The van der Waals surface area contributed by atoms with E-state index in [0.717, 1.165) is 11.1 Å². The van der Waals surface area contributed by atoms with Crippen LogP contribution in [0.2, 0.25) is 0 Å². The fourth-order valence-electron chi connectivity index (χ4n) is 3.67. The second-order valence-electron chi connectivity index (χ2n) is 7.97. The molecule has 2 aromatic heterocycles. The number of aryl methyl sites for hydroxylation is 2. The molecule has 2 aromatic carbocycles.